The lowest BCUT2D eigenvalue weighted by Gasteiger charge is -2.31. The average molecular weight is 299 g/mol. The molecule has 3 rings (SSSR count). The molecule has 0 amide bonds. The predicted molar refractivity (Wildman–Crippen MR) is 83.2 cm³/mol. The van der Waals surface area contributed by atoms with Crippen LogP contribution in [0.3, 0.4) is 0 Å². The fraction of sp³-hybridized carbons (Fsp3) is 0.588. The van der Waals surface area contributed by atoms with Crippen LogP contribution in [0.5, 0.6) is 0 Å². The number of piperidine rings is 1. The average Bonchev–Trinajstić information content (AvgIpc) is 3.38. The Bertz CT molecular complexity index is 593. The van der Waals surface area contributed by atoms with Crippen LogP contribution in [0.15, 0.2) is 12.4 Å². The Kier molecular flexibility index (Phi) is 4.57. The smallest absolute Gasteiger partial charge is 0.309 e. The number of esters is 1. The van der Waals surface area contributed by atoms with Crippen molar-refractivity contribution in [3.8, 4) is 11.8 Å². The van der Waals surface area contributed by atoms with E-state index in [1.165, 1.54) is 12.8 Å². The summed E-state index contributed by atoms with van der Waals surface area (Å²) in [6.07, 6.45) is 7.51. The maximum Gasteiger partial charge on any atom is 0.309 e. The van der Waals surface area contributed by atoms with E-state index in [1.54, 1.807) is 12.4 Å². The Morgan fingerprint density at radius 1 is 1.32 bits per heavy atom. The second-order valence-corrected chi connectivity index (χ2v) is 5.82. The van der Waals surface area contributed by atoms with Gasteiger partial charge in [-0.1, -0.05) is 5.92 Å². The highest BCUT2D eigenvalue weighted by Gasteiger charge is 2.26. The van der Waals surface area contributed by atoms with Crippen molar-refractivity contribution in [1.29, 1.82) is 0 Å². The SMILES string of the molecule is CCOC(=O)C1CCN(c2cncc(C#CC3CC3)n2)CC1. The summed E-state index contributed by atoms with van der Waals surface area (Å²) in [6.45, 7) is 3.90. The molecule has 0 radical (unpaired) electrons. The van der Waals surface area contributed by atoms with Crippen LogP contribution in [0.4, 0.5) is 5.82 Å². The topological polar surface area (TPSA) is 55.3 Å². The minimum Gasteiger partial charge on any atom is -0.466 e. The molecule has 2 aliphatic rings. The summed E-state index contributed by atoms with van der Waals surface area (Å²) in [7, 11) is 0. The van der Waals surface area contributed by atoms with Crippen molar-refractivity contribution in [2.75, 3.05) is 24.6 Å². The molecular weight excluding hydrogens is 278 g/mol. The van der Waals surface area contributed by atoms with Crippen LogP contribution in [0, 0.1) is 23.7 Å². The summed E-state index contributed by atoms with van der Waals surface area (Å²) in [6, 6.07) is 0. The lowest BCUT2D eigenvalue weighted by Crippen LogP contribution is -2.37. The molecule has 5 heteroatoms. The van der Waals surface area contributed by atoms with Crippen LogP contribution in [0.1, 0.15) is 38.3 Å². The Hall–Kier alpha value is -2.09. The molecule has 0 atom stereocenters. The summed E-state index contributed by atoms with van der Waals surface area (Å²) < 4.78 is 5.10. The molecule has 1 aromatic heterocycles. The van der Waals surface area contributed by atoms with Crippen LogP contribution < -0.4 is 4.90 Å². The summed E-state index contributed by atoms with van der Waals surface area (Å²) in [5, 5.41) is 0. The van der Waals surface area contributed by atoms with E-state index in [0.717, 1.165) is 37.4 Å². The van der Waals surface area contributed by atoms with E-state index in [2.05, 4.69) is 26.7 Å². The first-order chi connectivity index (χ1) is 10.8. The Morgan fingerprint density at radius 3 is 2.77 bits per heavy atom. The van der Waals surface area contributed by atoms with Crippen molar-refractivity contribution < 1.29 is 9.53 Å². The zero-order chi connectivity index (χ0) is 15.4. The number of ether oxygens (including phenoxy) is 1. The number of nitrogens with zero attached hydrogens (tertiary/aromatic N) is 3. The molecule has 1 aliphatic carbocycles. The summed E-state index contributed by atoms with van der Waals surface area (Å²) >= 11 is 0. The molecule has 2 heterocycles. The zero-order valence-corrected chi connectivity index (χ0v) is 12.9. The lowest BCUT2D eigenvalue weighted by molar-refractivity contribution is -0.148. The van der Waals surface area contributed by atoms with Gasteiger partial charge >= 0.3 is 5.97 Å². The molecule has 116 valence electrons. The highest BCUT2D eigenvalue weighted by atomic mass is 16.5. The van der Waals surface area contributed by atoms with Gasteiger partial charge < -0.3 is 9.64 Å². The van der Waals surface area contributed by atoms with Gasteiger partial charge in [0.15, 0.2) is 0 Å². The first kappa shape index (κ1) is 14.8. The van der Waals surface area contributed by atoms with E-state index in [0.29, 0.717) is 12.5 Å². The van der Waals surface area contributed by atoms with E-state index in [9.17, 15) is 4.79 Å². The van der Waals surface area contributed by atoms with E-state index >= 15 is 0 Å². The highest BCUT2D eigenvalue weighted by molar-refractivity contribution is 5.72. The van der Waals surface area contributed by atoms with Crippen molar-refractivity contribution in [1.82, 2.24) is 9.97 Å². The summed E-state index contributed by atoms with van der Waals surface area (Å²) in [5.41, 5.74) is 0.733. The van der Waals surface area contributed by atoms with Gasteiger partial charge in [0.2, 0.25) is 0 Å². The number of hydrogen-bond donors (Lipinski definition) is 0. The molecule has 22 heavy (non-hydrogen) atoms. The van der Waals surface area contributed by atoms with Gasteiger partial charge in [-0.3, -0.25) is 9.78 Å². The van der Waals surface area contributed by atoms with Crippen molar-refractivity contribution >= 4 is 11.8 Å². The number of aromatic nitrogens is 2. The van der Waals surface area contributed by atoms with Crippen LogP contribution in [-0.4, -0.2) is 35.6 Å². The quantitative estimate of drug-likeness (QED) is 0.631. The zero-order valence-electron chi connectivity index (χ0n) is 12.9. The lowest BCUT2D eigenvalue weighted by atomic mass is 9.97. The molecule has 0 spiro atoms. The number of rotatable bonds is 3. The minimum atomic E-state index is -0.0720. The van der Waals surface area contributed by atoms with Gasteiger partial charge in [0.1, 0.15) is 11.5 Å². The molecule has 1 saturated carbocycles. The van der Waals surface area contributed by atoms with Gasteiger partial charge in [-0.25, -0.2) is 4.98 Å². The molecule has 1 saturated heterocycles. The van der Waals surface area contributed by atoms with E-state index in [4.69, 9.17) is 4.74 Å². The van der Waals surface area contributed by atoms with E-state index < -0.39 is 0 Å². The van der Waals surface area contributed by atoms with Gasteiger partial charge in [-0.15, -0.1) is 0 Å². The van der Waals surface area contributed by atoms with Crippen LogP contribution in [0.25, 0.3) is 0 Å². The predicted octanol–water partition coefficient (Wildman–Crippen LogP) is 2.02. The number of hydrogen-bond acceptors (Lipinski definition) is 5. The fourth-order valence-corrected chi connectivity index (χ4v) is 2.58. The third-order valence-electron chi connectivity index (χ3n) is 4.04. The first-order valence-corrected chi connectivity index (χ1v) is 8.01. The first-order valence-electron chi connectivity index (χ1n) is 8.01. The second kappa shape index (κ2) is 6.78. The number of anilines is 1. The van der Waals surface area contributed by atoms with Gasteiger partial charge in [-0.2, -0.15) is 0 Å². The van der Waals surface area contributed by atoms with Gasteiger partial charge in [0, 0.05) is 19.0 Å². The molecule has 0 bridgehead atoms. The fourth-order valence-electron chi connectivity index (χ4n) is 2.58. The van der Waals surface area contributed by atoms with Crippen molar-refractivity contribution in [2.45, 2.75) is 32.6 Å². The third-order valence-corrected chi connectivity index (χ3v) is 4.04. The molecule has 2 fully saturated rings. The van der Waals surface area contributed by atoms with Crippen molar-refractivity contribution in [2.24, 2.45) is 11.8 Å². The largest absolute Gasteiger partial charge is 0.466 e. The van der Waals surface area contributed by atoms with E-state index in [-0.39, 0.29) is 11.9 Å². The molecule has 1 aliphatic heterocycles. The normalized spacial score (nSPS) is 18.5. The summed E-state index contributed by atoms with van der Waals surface area (Å²) in [4.78, 5) is 22.8. The standard InChI is InChI=1S/C17H21N3O2/c1-2-22-17(21)14-7-9-20(10-8-14)16-12-18-11-15(19-16)6-5-13-3-4-13/h11-14H,2-4,7-10H2,1H3. The Labute approximate surface area is 131 Å². The highest BCUT2D eigenvalue weighted by Crippen LogP contribution is 2.27. The van der Waals surface area contributed by atoms with Crippen LogP contribution >= 0.6 is 0 Å². The maximum atomic E-state index is 11.8. The Morgan fingerprint density at radius 2 is 2.09 bits per heavy atom. The van der Waals surface area contributed by atoms with Crippen molar-refractivity contribution in [3.63, 3.8) is 0 Å². The molecule has 0 unspecified atom stereocenters. The second-order valence-electron chi connectivity index (χ2n) is 5.82. The minimum absolute atomic E-state index is 0.0157. The number of carbonyl (C=O) groups excluding carboxylic acids is 1. The monoisotopic (exact) mass is 299 g/mol. The summed E-state index contributed by atoms with van der Waals surface area (Å²) in [5.74, 6) is 7.67. The molecular formula is C17H21N3O2. The van der Waals surface area contributed by atoms with Crippen molar-refractivity contribution in [3.05, 3.63) is 18.1 Å². The molecule has 1 aromatic rings. The van der Waals surface area contributed by atoms with Crippen LogP contribution in [0.2, 0.25) is 0 Å². The molecule has 5 nitrogen and oxygen atoms in total. The van der Waals surface area contributed by atoms with Gasteiger partial charge in [-0.05, 0) is 38.5 Å². The van der Waals surface area contributed by atoms with Gasteiger partial charge in [0.25, 0.3) is 0 Å². The Balaban J connectivity index is 1.60. The number of carbonyl (C=O) groups is 1. The van der Waals surface area contributed by atoms with Gasteiger partial charge in [0.05, 0.1) is 24.9 Å². The third kappa shape index (κ3) is 3.76. The molecule has 0 aromatic carbocycles. The van der Waals surface area contributed by atoms with E-state index in [1.807, 2.05) is 6.92 Å². The maximum absolute atomic E-state index is 11.8. The molecule has 0 N–H and O–H groups in total. The van der Waals surface area contributed by atoms with Crippen LogP contribution in [-0.2, 0) is 9.53 Å².